The van der Waals surface area contributed by atoms with E-state index in [1.807, 2.05) is 0 Å². The Morgan fingerprint density at radius 2 is 2.15 bits per heavy atom. The van der Waals surface area contributed by atoms with E-state index in [1.54, 1.807) is 0 Å². The molecule has 144 valence electrons. The van der Waals surface area contributed by atoms with Crippen molar-refractivity contribution in [1.82, 2.24) is 4.31 Å². The van der Waals surface area contributed by atoms with Gasteiger partial charge in [-0.25, -0.2) is 12.8 Å². The molecule has 0 saturated carbocycles. The van der Waals surface area contributed by atoms with Gasteiger partial charge in [-0.2, -0.15) is 4.31 Å². The molecule has 2 unspecified atom stereocenters. The van der Waals surface area contributed by atoms with Gasteiger partial charge < -0.3 is 14.6 Å². The van der Waals surface area contributed by atoms with Gasteiger partial charge in [0.2, 0.25) is 10.0 Å². The number of hydrogen-bond acceptors (Lipinski definition) is 5. The second-order valence-corrected chi connectivity index (χ2v) is 8.49. The molecule has 2 aliphatic heterocycles. The zero-order chi connectivity index (χ0) is 18.7. The number of carboxylic acid groups (broad SMARTS) is 1. The van der Waals surface area contributed by atoms with Crippen LogP contribution >= 0.6 is 0 Å². The summed E-state index contributed by atoms with van der Waals surface area (Å²) < 4.78 is 51.5. The van der Waals surface area contributed by atoms with Gasteiger partial charge >= 0.3 is 5.97 Å². The number of carboxylic acids is 1. The first-order chi connectivity index (χ1) is 12.4. The van der Waals surface area contributed by atoms with E-state index in [2.05, 4.69) is 0 Å². The Kier molecular flexibility index (Phi) is 5.79. The van der Waals surface area contributed by atoms with Crippen molar-refractivity contribution in [1.29, 1.82) is 0 Å². The zero-order valence-electron chi connectivity index (χ0n) is 14.3. The minimum absolute atomic E-state index is 0.0238. The Hall–Kier alpha value is -1.71. The van der Waals surface area contributed by atoms with Crippen LogP contribution in [0.15, 0.2) is 23.1 Å². The molecule has 0 radical (unpaired) electrons. The summed E-state index contributed by atoms with van der Waals surface area (Å²) in [5.74, 6) is -1.80. The number of benzene rings is 1. The highest BCUT2D eigenvalue weighted by Gasteiger charge is 2.37. The van der Waals surface area contributed by atoms with Crippen LogP contribution in [0.2, 0.25) is 0 Å². The van der Waals surface area contributed by atoms with Crippen LogP contribution in [0, 0.1) is 11.7 Å². The van der Waals surface area contributed by atoms with E-state index in [4.69, 9.17) is 9.47 Å². The van der Waals surface area contributed by atoms with Crippen molar-refractivity contribution in [2.75, 3.05) is 26.4 Å². The van der Waals surface area contributed by atoms with Gasteiger partial charge in [0, 0.05) is 19.1 Å². The van der Waals surface area contributed by atoms with Crippen LogP contribution in [0.25, 0.3) is 0 Å². The number of piperidine rings is 1. The van der Waals surface area contributed by atoms with Crippen molar-refractivity contribution in [2.45, 2.75) is 36.6 Å². The molecule has 2 aliphatic rings. The standard InChI is InChI=1S/C17H22FNO6S/c18-14-9-13(4-5-16(14)25-11-12-6-8-24-10-12)26(22,23)19-7-2-1-3-15(19)17(20)21/h4-5,9,12,15H,1-3,6-8,10-11H2,(H,20,21). The summed E-state index contributed by atoms with van der Waals surface area (Å²) in [6, 6.07) is 2.31. The zero-order valence-corrected chi connectivity index (χ0v) is 15.1. The van der Waals surface area contributed by atoms with Crippen LogP contribution in [0.4, 0.5) is 4.39 Å². The Labute approximate surface area is 151 Å². The van der Waals surface area contributed by atoms with Gasteiger partial charge in [-0.05, 0) is 43.9 Å². The Morgan fingerprint density at radius 3 is 2.81 bits per heavy atom. The minimum Gasteiger partial charge on any atom is -0.490 e. The maximum atomic E-state index is 14.3. The SMILES string of the molecule is O=C(O)C1CCCCN1S(=O)(=O)c1ccc(OCC2CCOC2)c(F)c1. The van der Waals surface area contributed by atoms with Gasteiger partial charge in [-0.15, -0.1) is 0 Å². The highest BCUT2D eigenvalue weighted by Crippen LogP contribution is 2.28. The maximum absolute atomic E-state index is 14.3. The Balaban J connectivity index is 1.77. The molecule has 3 rings (SSSR count). The monoisotopic (exact) mass is 387 g/mol. The third-order valence-corrected chi connectivity index (χ3v) is 6.65. The first-order valence-electron chi connectivity index (χ1n) is 8.64. The first-order valence-corrected chi connectivity index (χ1v) is 10.1. The van der Waals surface area contributed by atoms with Gasteiger partial charge in [-0.1, -0.05) is 0 Å². The molecule has 26 heavy (non-hydrogen) atoms. The third kappa shape index (κ3) is 3.99. The number of sulfonamides is 1. The fourth-order valence-corrected chi connectivity index (χ4v) is 4.92. The van der Waals surface area contributed by atoms with E-state index in [0.29, 0.717) is 32.7 Å². The lowest BCUT2D eigenvalue weighted by molar-refractivity contribution is -0.142. The predicted octanol–water partition coefficient (Wildman–Crippen LogP) is 1.87. The number of ether oxygens (including phenoxy) is 2. The second-order valence-electron chi connectivity index (χ2n) is 6.60. The van der Waals surface area contributed by atoms with Gasteiger partial charge in [0.15, 0.2) is 11.6 Å². The lowest BCUT2D eigenvalue weighted by atomic mass is 10.1. The lowest BCUT2D eigenvalue weighted by Crippen LogP contribution is -2.47. The fraction of sp³-hybridized carbons (Fsp3) is 0.588. The molecular formula is C17H22FNO6S. The predicted molar refractivity (Wildman–Crippen MR) is 90.0 cm³/mol. The average Bonchev–Trinajstić information content (AvgIpc) is 3.14. The fourth-order valence-electron chi connectivity index (χ4n) is 3.26. The van der Waals surface area contributed by atoms with E-state index in [-0.39, 0.29) is 29.5 Å². The molecule has 1 N–H and O–H groups in total. The summed E-state index contributed by atoms with van der Waals surface area (Å²) in [6.45, 7) is 1.64. The summed E-state index contributed by atoms with van der Waals surface area (Å²) in [7, 11) is -4.09. The molecule has 2 saturated heterocycles. The van der Waals surface area contributed by atoms with E-state index < -0.39 is 27.9 Å². The first kappa shape index (κ1) is 19.1. The van der Waals surface area contributed by atoms with Crippen LogP contribution in [0.1, 0.15) is 25.7 Å². The summed E-state index contributed by atoms with van der Waals surface area (Å²) in [5.41, 5.74) is 0. The van der Waals surface area contributed by atoms with Crippen molar-refractivity contribution in [3.63, 3.8) is 0 Å². The Morgan fingerprint density at radius 1 is 1.35 bits per heavy atom. The van der Waals surface area contributed by atoms with Crippen molar-refractivity contribution in [3.05, 3.63) is 24.0 Å². The topological polar surface area (TPSA) is 93.1 Å². The summed E-state index contributed by atoms with van der Waals surface area (Å²) in [5, 5.41) is 9.28. The molecule has 2 atom stereocenters. The van der Waals surface area contributed by atoms with Crippen LogP contribution < -0.4 is 4.74 Å². The highest BCUT2D eigenvalue weighted by atomic mass is 32.2. The average molecular weight is 387 g/mol. The molecule has 0 spiro atoms. The summed E-state index contributed by atoms with van der Waals surface area (Å²) >= 11 is 0. The van der Waals surface area contributed by atoms with Gasteiger partial charge in [0.05, 0.1) is 18.1 Å². The van der Waals surface area contributed by atoms with Crippen molar-refractivity contribution in [2.24, 2.45) is 5.92 Å². The molecule has 1 aromatic rings. The molecule has 2 heterocycles. The van der Waals surface area contributed by atoms with Gasteiger partial charge in [-0.3, -0.25) is 4.79 Å². The van der Waals surface area contributed by atoms with Crippen molar-refractivity contribution >= 4 is 16.0 Å². The molecule has 0 bridgehead atoms. The third-order valence-electron chi connectivity index (χ3n) is 4.75. The smallest absolute Gasteiger partial charge is 0.322 e. The second kappa shape index (κ2) is 7.89. The quantitative estimate of drug-likeness (QED) is 0.801. The van der Waals surface area contributed by atoms with Crippen LogP contribution in [0.5, 0.6) is 5.75 Å². The number of carbonyl (C=O) groups is 1. The molecule has 7 nitrogen and oxygen atoms in total. The minimum atomic E-state index is -4.09. The normalized spacial score (nSPS) is 24.5. The molecule has 0 amide bonds. The molecule has 1 aromatic carbocycles. The number of hydrogen-bond donors (Lipinski definition) is 1. The number of nitrogens with zero attached hydrogens (tertiary/aromatic N) is 1. The largest absolute Gasteiger partial charge is 0.490 e. The summed E-state index contributed by atoms with van der Waals surface area (Å²) in [4.78, 5) is 11.1. The lowest BCUT2D eigenvalue weighted by Gasteiger charge is -2.31. The van der Waals surface area contributed by atoms with E-state index >= 15 is 0 Å². The number of aliphatic carboxylic acids is 1. The van der Waals surface area contributed by atoms with E-state index in [9.17, 15) is 22.7 Å². The van der Waals surface area contributed by atoms with Crippen molar-refractivity contribution in [3.8, 4) is 5.75 Å². The van der Waals surface area contributed by atoms with Crippen LogP contribution in [-0.2, 0) is 19.6 Å². The van der Waals surface area contributed by atoms with E-state index in [0.717, 1.165) is 16.8 Å². The van der Waals surface area contributed by atoms with Crippen molar-refractivity contribution < 1.29 is 32.2 Å². The van der Waals surface area contributed by atoms with Gasteiger partial charge in [0.1, 0.15) is 6.04 Å². The Bertz CT molecular complexity index is 763. The molecule has 2 fully saturated rings. The van der Waals surface area contributed by atoms with E-state index in [1.165, 1.54) is 12.1 Å². The van der Waals surface area contributed by atoms with Crippen LogP contribution in [0.3, 0.4) is 0 Å². The maximum Gasteiger partial charge on any atom is 0.322 e. The molecule has 0 aromatic heterocycles. The molecule has 0 aliphatic carbocycles. The summed E-state index contributed by atoms with van der Waals surface area (Å²) in [6.07, 6.45) is 2.33. The van der Waals surface area contributed by atoms with Gasteiger partial charge in [0.25, 0.3) is 0 Å². The molecular weight excluding hydrogens is 365 g/mol. The molecule has 9 heteroatoms. The number of halogens is 1. The highest BCUT2D eigenvalue weighted by molar-refractivity contribution is 7.89. The number of rotatable bonds is 6. The van der Waals surface area contributed by atoms with Crippen LogP contribution in [-0.4, -0.2) is 56.2 Å².